The predicted molar refractivity (Wildman–Crippen MR) is 176 cm³/mol. The van der Waals surface area contributed by atoms with Crippen LogP contribution in [0.5, 0.6) is 0 Å². The van der Waals surface area contributed by atoms with Crippen molar-refractivity contribution in [3.05, 3.63) is 95.8 Å². The number of rotatable bonds is 9. The fraction of sp³-hybridized carbons (Fsp3) is 0.324. The summed E-state index contributed by atoms with van der Waals surface area (Å²) in [5.74, 6) is 2.41. The number of anilines is 2. The van der Waals surface area contributed by atoms with Gasteiger partial charge < -0.3 is 10.2 Å². The molecule has 218 valence electrons. The molecule has 1 saturated heterocycles. The van der Waals surface area contributed by atoms with E-state index in [1.54, 1.807) is 0 Å². The molecule has 8 heteroatoms. The van der Waals surface area contributed by atoms with Crippen LogP contribution in [0.25, 0.3) is 28.2 Å². The fourth-order valence-corrected chi connectivity index (χ4v) is 5.75. The van der Waals surface area contributed by atoms with Gasteiger partial charge in [0.1, 0.15) is 11.6 Å². The van der Waals surface area contributed by atoms with Crippen LogP contribution in [-0.2, 0) is 0 Å². The highest BCUT2D eigenvalue weighted by Crippen LogP contribution is 2.30. The lowest BCUT2D eigenvalue weighted by atomic mass is 10.1. The van der Waals surface area contributed by atoms with Crippen molar-refractivity contribution in [3.63, 3.8) is 0 Å². The molecule has 1 fully saturated rings. The summed E-state index contributed by atoms with van der Waals surface area (Å²) in [5.41, 5.74) is 7.89. The van der Waals surface area contributed by atoms with Crippen LogP contribution in [0.15, 0.2) is 78.9 Å². The van der Waals surface area contributed by atoms with Gasteiger partial charge in [0.2, 0.25) is 0 Å². The first-order valence-electron chi connectivity index (χ1n) is 14.7. The molecule has 0 bridgehead atoms. The Bertz CT molecular complexity index is 1610. The number of unbranched alkanes of at least 4 members (excludes halogenated alkanes) is 1. The molecule has 6 rings (SSSR count). The molecule has 42 heavy (non-hydrogen) atoms. The maximum absolute atomic E-state index is 5.08. The smallest absolute Gasteiger partial charge is 0.170 e. The molecule has 0 radical (unpaired) electrons. The van der Waals surface area contributed by atoms with E-state index in [0.717, 1.165) is 92.0 Å². The molecule has 0 aliphatic carbocycles. The van der Waals surface area contributed by atoms with E-state index in [4.69, 9.17) is 15.0 Å². The molecule has 0 atom stereocenters. The molecule has 2 aromatic heterocycles. The molecule has 7 nitrogen and oxygen atoms in total. The van der Waals surface area contributed by atoms with Crippen LogP contribution >= 0.6 is 12.4 Å². The van der Waals surface area contributed by atoms with Gasteiger partial charge in [-0.3, -0.25) is 9.47 Å². The van der Waals surface area contributed by atoms with Gasteiger partial charge in [0.15, 0.2) is 17.0 Å². The Kier molecular flexibility index (Phi) is 9.40. The zero-order chi connectivity index (χ0) is 28.2. The lowest BCUT2D eigenvalue weighted by molar-refractivity contribution is 0.253. The van der Waals surface area contributed by atoms with E-state index in [-0.39, 0.29) is 12.4 Å². The number of piperazine rings is 1. The van der Waals surface area contributed by atoms with Crippen LogP contribution in [0.4, 0.5) is 11.5 Å². The summed E-state index contributed by atoms with van der Waals surface area (Å²) >= 11 is 0. The third-order valence-electron chi connectivity index (χ3n) is 8.15. The summed E-state index contributed by atoms with van der Waals surface area (Å²) in [5, 5.41) is 3.60. The average molecular weight is 582 g/mol. The highest BCUT2D eigenvalue weighted by molar-refractivity contribution is 5.88. The largest absolute Gasteiger partial charge is 0.369 e. The molecule has 0 amide bonds. The van der Waals surface area contributed by atoms with Gasteiger partial charge in [0.25, 0.3) is 0 Å². The monoisotopic (exact) mass is 581 g/mol. The molecule has 1 aliphatic heterocycles. The molecular weight excluding hydrogens is 542 g/mol. The zero-order valence-electron chi connectivity index (χ0n) is 24.8. The summed E-state index contributed by atoms with van der Waals surface area (Å²) in [6.07, 6.45) is 2.23. The number of aryl methyl sites for hydroxylation is 2. The molecular formula is C34H40ClN7. The second-order valence-corrected chi connectivity index (χ2v) is 10.9. The second-order valence-electron chi connectivity index (χ2n) is 10.9. The van der Waals surface area contributed by atoms with Crippen LogP contribution in [0.1, 0.15) is 29.8 Å². The standard InChI is InChI=1S/C34H39N7.ClH/c1-25-13-12-18-30(26(25)2)40-23-21-39(22-24-40)20-11-10-19-35-32-31-34(37-27(3)36-32)41(29-16-8-5-9-17-29)33(38-31)28-14-6-4-7-15-28;/h4-9,12-18H,10-11,19-24H2,1-3H3,(H,35,36,37);1H. The predicted octanol–water partition coefficient (Wildman–Crippen LogP) is 6.84. The maximum Gasteiger partial charge on any atom is 0.170 e. The number of fused-ring (bicyclic) bond motifs is 1. The third-order valence-corrected chi connectivity index (χ3v) is 8.15. The maximum atomic E-state index is 5.08. The molecule has 1 N–H and O–H groups in total. The van der Waals surface area contributed by atoms with E-state index < -0.39 is 0 Å². The van der Waals surface area contributed by atoms with Crippen LogP contribution in [0.2, 0.25) is 0 Å². The van der Waals surface area contributed by atoms with Gasteiger partial charge in [-0.2, -0.15) is 0 Å². The van der Waals surface area contributed by atoms with Crippen molar-refractivity contribution in [2.75, 3.05) is 49.5 Å². The highest BCUT2D eigenvalue weighted by Gasteiger charge is 2.20. The number of halogens is 1. The number of nitrogens with zero attached hydrogens (tertiary/aromatic N) is 6. The minimum Gasteiger partial charge on any atom is -0.369 e. The molecule has 0 spiro atoms. The lowest BCUT2D eigenvalue weighted by Crippen LogP contribution is -2.46. The number of benzene rings is 3. The Morgan fingerprint density at radius 1 is 0.738 bits per heavy atom. The van der Waals surface area contributed by atoms with Gasteiger partial charge >= 0.3 is 0 Å². The molecule has 0 saturated carbocycles. The Morgan fingerprint density at radius 2 is 1.45 bits per heavy atom. The Hall–Kier alpha value is -3.94. The second kappa shape index (κ2) is 13.4. The van der Waals surface area contributed by atoms with Gasteiger partial charge in [-0.15, -0.1) is 12.4 Å². The van der Waals surface area contributed by atoms with Gasteiger partial charge in [0.05, 0.1) is 0 Å². The van der Waals surface area contributed by atoms with Crippen LogP contribution in [0.3, 0.4) is 0 Å². The minimum atomic E-state index is 0. The van der Waals surface area contributed by atoms with E-state index in [2.05, 4.69) is 76.0 Å². The first-order valence-corrected chi connectivity index (χ1v) is 14.7. The van der Waals surface area contributed by atoms with Gasteiger partial charge in [0, 0.05) is 49.7 Å². The lowest BCUT2D eigenvalue weighted by Gasteiger charge is -2.37. The van der Waals surface area contributed by atoms with Crippen molar-refractivity contribution in [2.24, 2.45) is 0 Å². The molecule has 1 aliphatic rings. The summed E-state index contributed by atoms with van der Waals surface area (Å²) < 4.78 is 2.14. The first kappa shape index (κ1) is 29.5. The van der Waals surface area contributed by atoms with Crippen molar-refractivity contribution >= 4 is 35.1 Å². The van der Waals surface area contributed by atoms with Gasteiger partial charge in [-0.1, -0.05) is 60.7 Å². The van der Waals surface area contributed by atoms with E-state index in [9.17, 15) is 0 Å². The number of hydrogen-bond acceptors (Lipinski definition) is 6. The zero-order valence-corrected chi connectivity index (χ0v) is 25.6. The number of nitrogens with one attached hydrogen (secondary N) is 1. The number of imidazole rings is 1. The van der Waals surface area contributed by atoms with Crippen LogP contribution in [0, 0.1) is 20.8 Å². The molecule has 3 heterocycles. The number of para-hydroxylation sites is 1. The Morgan fingerprint density at radius 3 is 2.19 bits per heavy atom. The minimum absolute atomic E-state index is 0. The topological polar surface area (TPSA) is 62.1 Å². The molecule has 3 aromatic carbocycles. The van der Waals surface area contributed by atoms with Gasteiger partial charge in [-0.05, 0) is 69.5 Å². The molecule has 5 aromatic rings. The quantitative estimate of drug-likeness (QED) is 0.192. The van der Waals surface area contributed by atoms with Gasteiger partial charge in [-0.25, -0.2) is 15.0 Å². The summed E-state index contributed by atoms with van der Waals surface area (Å²) in [7, 11) is 0. The summed E-state index contributed by atoms with van der Waals surface area (Å²) in [6, 6.07) is 27.3. The Labute approximate surface area is 255 Å². The first-order chi connectivity index (χ1) is 20.1. The van der Waals surface area contributed by atoms with E-state index in [1.165, 1.54) is 16.8 Å². The van der Waals surface area contributed by atoms with Crippen molar-refractivity contribution in [1.82, 2.24) is 24.4 Å². The third kappa shape index (κ3) is 6.27. The average Bonchev–Trinajstić information content (AvgIpc) is 3.39. The van der Waals surface area contributed by atoms with E-state index >= 15 is 0 Å². The molecule has 0 unspecified atom stereocenters. The van der Waals surface area contributed by atoms with Crippen LogP contribution in [-0.4, -0.2) is 63.7 Å². The number of hydrogen-bond donors (Lipinski definition) is 1. The summed E-state index contributed by atoms with van der Waals surface area (Å²) in [4.78, 5) is 19.8. The van der Waals surface area contributed by atoms with E-state index in [1.807, 2.05) is 43.3 Å². The summed E-state index contributed by atoms with van der Waals surface area (Å²) in [6.45, 7) is 12.8. The SMILES string of the molecule is Cc1nc(NCCCCN2CCN(c3cccc(C)c3C)CC2)c2nc(-c3ccccc3)n(-c3ccccc3)c2n1.Cl. The van der Waals surface area contributed by atoms with Crippen molar-refractivity contribution in [2.45, 2.75) is 33.6 Å². The van der Waals surface area contributed by atoms with Crippen molar-refractivity contribution in [1.29, 1.82) is 0 Å². The normalized spacial score (nSPS) is 13.7. The van der Waals surface area contributed by atoms with Crippen molar-refractivity contribution < 1.29 is 0 Å². The number of aromatic nitrogens is 4. The highest BCUT2D eigenvalue weighted by atomic mass is 35.5. The Balaban J connectivity index is 0.00000353. The van der Waals surface area contributed by atoms with E-state index in [0.29, 0.717) is 0 Å². The van der Waals surface area contributed by atoms with Crippen LogP contribution < -0.4 is 10.2 Å². The van der Waals surface area contributed by atoms with Crippen molar-refractivity contribution in [3.8, 4) is 17.1 Å². The fourth-order valence-electron chi connectivity index (χ4n) is 5.75.